The van der Waals surface area contributed by atoms with Gasteiger partial charge in [-0.3, -0.25) is 4.79 Å². The van der Waals surface area contributed by atoms with E-state index in [0.717, 1.165) is 18.5 Å². The Balaban J connectivity index is 2.38. The number of rotatable bonds is 5. The highest BCUT2D eigenvalue weighted by Crippen LogP contribution is 1.95. The Morgan fingerprint density at radius 1 is 1.57 bits per heavy atom. The van der Waals surface area contributed by atoms with Gasteiger partial charge in [0.25, 0.3) is 0 Å². The Morgan fingerprint density at radius 3 is 2.93 bits per heavy atom. The SMILES string of the molecule is CC(CCN)NCc1ccc(=O)[nH]c1. The summed E-state index contributed by atoms with van der Waals surface area (Å²) in [5, 5.41) is 3.32. The van der Waals surface area contributed by atoms with E-state index in [9.17, 15) is 4.79 Å². The van der Waals surface area contributed by atoms with Crippen molar-refractivity contribution in [2.24, 2.45) is 5.73 Å². The maximum absolute atomic E-state index is 10.8. The molecule has 0 aliphatic carbocycles. The fourth-order valence-electron chi connectivity index (χ4n) is 1.20. The van der Waals surface area contributed by atoms with Crippen LogP contribution in [0, 0.1) is 0 Å². The molecule has 78 valence electrons. The molecule has 0 radical (unpaired) electrons. The Kier molecular flexibility index (Phi) is 4.35. The molecule has 0 aromatic carbocycles. The smallest absolute Gasteiger partial charge is 0.247 e. The van der Waals surface area contributed by atoms with Crippen molar-refractivity contribution >= 4 is 0 Å². The topological polar surface area (TPSA) is 70.9 Å². The maximum atomic E-state index is 10.8. The summed E-state index contributed by atoms with van der Waals surface area (Å²) in [5.41, 5.74) is 6.44. The normalized spacial score (nSPS) is 12.7. The van der Waals surface area contributed by atoms with Gasteiger partial charge in [-0.1, -0.05) is 6.07 Å². The van der Waals surface area contributed by atoms with E-state index in [4.69, 9.17) is 5.73 Å². The molecule has 1 aromatic heterocycles. The molecule has 0 saturated heterocycles. The van der Waals surface area contributed by atoms with Crippen LogP contribution in [0.2, 0.25) is 0 Å². The fraction of sp³-hybridized carbons (Fsp3) is 0.500. The molecule has 0 bridgehead atoms. The third-order valence-electron chi connectivity index (χ3n) is 2.10. The minimum absolute atomic E-state index is 0.0660. The average Bonchev–Trinajstić information content (AvgIpc) is 2.17. The van der Waals surface area contributed by atoms with Gasteiger partial charge in [0.2, 0.25) is 5.56 Å². The van der Waals surface area contributed by atoms with Crippen molar-refractivity contribution in [2.75, 3.05) is 6.54 Å². The third-order valence-corrected chi connectivity index (χ3v) is 2.10. The van der Waals surface area contributed by atoms with E-state index >= 15 is 0 Å². The maximum Gasteiger partial charge on any atom is 0.247 e. The van der Waals surface area contributed by atoms with Crippen LogP contribution in [-0.4, -0.2) is 17.6 Å². The molecule has 4 nitrogen and oxygen atoms in total. The zero-order valence-electron chi connectivity index (χ0n) is 8.42. The van der Waals surface area contributed by atoms with Crippen LogP contribution in [0.3, 0.4) is 0 Å². The molecule has 0 saturated carbocycles. The van der Waals surface area contributed by atoms with Crippen molar-refractivity contribution in [3.63, 3.8) is 0 Å². The van der Waals surface area contributed by atoms with E-state index in [0.29, 0.717) is 12.6 Å². The van der Waals surface area contributed by atoms with E-state index in [2.05, 4.69) is 17.2 Å². The zero-order chi connectivity index (χ0) is 10.4. The molecule has 1 unspecified atom stereocenters. The lowest BCUT2D eigenvalue weighted by Gasteiger charge is -2.11. The summed E-state index contributed by atoms with van der Waals surface area (Å²) in [4.78, 5) is 13.4. The first-order valence-corrected chi connectivity index (χ1v) is 4.83. The highest BCUT2D eigenvalue weighted by molar-refractivity contribution is 5.08. The Labute approximate surface area is 83.5 Å². The second-order valence-corrected chi connectivity index (χ2v) is 3.42. The molecule has 1 rings (SSSR count). The van der Waals surface area contributed by atoms with Crippen molar-refractivity contribution in [3.8, 4) is 0 Å². The summed E-state index contributed by atoms with van der Waals surface area (Å²) in [5.74, 6) is 0. The van der Waals surface area contributed by atoms with Gasteiger partial charge in [-0.2, -0.15) is 0 Å². The Morgan fingerprint density at radius 2 is 2.36 bits per heavy atom. The number of H-pyrrole nitrogens is 1. The summed E-state index contributed by atoms with van der Waals surface area (Å²) < 4.78 is 0. The molecular weight excluding hydrogens is 178 g/mol. The lowest BCUT2D eigenvalue weighted by Crippen LogP contribution is -2.28. The molecule has 4 N–H and O–H groups in total. The monoisotopic (exact) mass is 195 g/mol. The van der Waals surface area contributed by atoms with E-state index < -0.39 is 0 Å². The zero-order valence-corrected chi connectivity index (χ0v) is 8.42. The summed E-state index contributed by atoms with van der Waals surface area (Å²) in [7, 11) is 0. The summed E-state index contributed by atoms with van der Waals surface area (Å²) in [6.45, 7) is 3.55. The van der Waals surface area contributed by atoms with Crippen LogP contribution in [0.4, 0.5) is 0 Å². The lowest BCUT2D eigenvalue weighted by molar-refractivity contribution is 0.519. The molecule has 0 spiro atoms. The van der Waals surface area contributed by atoms with Crippen LogP contribution in [0.5, 0.6) is 0 Å². The minimum atomic E-state index is -0.0660. The number of aromatic amines is 1. The van der Waals surface area contributed by atoms with Gasteiger partial charge in [0.05, 0.1) is 0 Å². The van der Waals surface area contributed by atoms with Gasteiger partial charge in [-0.05, 0) is 25.5 Å². The Bertz CT molecular complexity index is 301. The van der Waals surface area contributed by atoms with Gasteiger partial charge in [-0.25, -0.2) is 0 Å². The molecule has 0 aliphatic rings. The van der Waals surface area contributed by atoms with Gasteiger partial charge < -0.3 is 16.0 Å². The van der Waals surface area contributed by atoms with E-state index in [1.807, 2.05) is 6.07 Å². The van der Waals surface area contributed by atoms with Crippen LogP contribution in [-0.2, 0) is 6.54 Å². The van der Waals surface area contributed by atoms with Crippen molar-refractivity contribution in [1.29, 1.82) is 0 Å². The lowest BCUT2D eigenvalue weighted by atomic mass is 10.2. The minimum Gasteiger partial charge on any atom is -0.330 e. The van der Waals surface area contributed by atoms with Gasteiger partial charge >= 0.3 is 0 Å². The van der Waals surface area contributed by atoms with Crippen molar-refractivity contribution in [1.82, 2.24) is 10.3 Å². The van der Waals surface area contributed by atoms with E-state index in [1.165, 1.54) is 6.07 Å². The van der Waals surface area contributed by atoms with Crippen molar-refractivity contribution < 1.29 is 0 Å². The first-order chi connectivity index (χ1) is 6.72. The Hall–Kier alpha value is -1.13. The highest BCUT2D eigenvalue weighted by atomic mass is 16.1. The average molecular weight is 195 g/mol. The van der Waals surface area contributed by atoms with Crippen LogP contribution < -0.4 is 16.6 Å². The van der Waals surface area contributed by atoms with Gasteiger partial charge in [0, 0.05) is 24.8 Å². The third kappa shape index (κ3) is 3.72. The van der Waals surface area contributed by atoms with Crippen molar-refractivity contribution in [2.45, 2.75) is 25.9 Å². The molecule has 0 fully saturated rings. The van der Waals surface area contributed by atoms with Crippen LogP contribution in [0.1, 0.15) is 18.9 Å². The number of aromatic nitrogens is 1. The standard InChI is InChI=1S/C10H17N3O/c1-8(4-5-11)12-6-9-2-3-10(14)13-7-9/h2-3,7-8,12H,4-6,11H2,1H3,(H,13,14). The molecule has 1 heterocycles. The highest BCUT2D eigenvalue weighted by Gasteiger charge is 1.99. The summed E-state index contributed by atoms with van der Waals surface area (Å²) in [6, 6.07) is 3.76. The molecule has 1 atom stereocenters. The van der Waals surface area contributed by atoms with E-state index in [1.54, 1.807) is 6.20 Å². The van der Waals surface area contributed by atoms with Gasteiger partial charge in [-0.15, -0.1) is 0 Å². The van der Waals surface area contributed by atoms with Gasteiger partial charge in [0.15, 0.2) is 0 Å². The first kappa shape index (κ1) is 10.9. The fourth-order valence-corrected chi connectivity index (χ4v) is 1.20. The number of hydrogen-bond donors (Lipinski definition) is 3. The quantitative estimate of drug-likeness (QED) is 0.628. The van der Waals surface area contributed by atoms with Crippen LogP contribution in [0.15, 0.2) is 23.1 Å². The number of pyridine rings is 1. The second-order valence-electron chi connectivity index (χ2n) is 3.42. The summed E-state index contributed by atoms with van der Waals surface area (Å²) >= 11 is 0. The second kappa shape index (κ2) is 5.57. The van der Waals surface area contributed by atoms with Crippen LogP contribution >= 0.6 is 0 Å². The molecule has 0 amide bonds. The molecule has 14 heavy (non-hydrogen) atoms. The van der Waals surface area contributed by atoms with Crippen molar-refractivity contribution in [3.05, 3.63) is 34.2 Å². The van der Waals surface area contributed by atoms with Gasteiger partial charge in [0.1, 0.15) is 0 Å². The molecule has 0 aliphatic heterocycles. The largest absolute Gasteiger partial charge is 0.330 e. The molecular formula is C10H17N3O. The number of nitrogens with two attached hydrogens (primary N) is 1. The van der Waals surface area contributed by atoms with Crippen LogP contribution in [0.25, 0.3) is 0 Å². The predicted octanol–water partition coefficient (Wildman–Crippen LogP) is 0.202. The molecule has 4 heteroatoms. The molecule has 1 aromatic rings. The number of hydrogen-bond acceptors (Lipinski definition) is 3. The number of nitrogens with one attached hydrogen (secondary N) is 2. The summed E-state index contributed by atoms with van der Waals surface area (Å²) in [6.07, 6.45) is 2.69. The van der Waals surface area contributed by atoms with E-state index in [-0.39, 0.29) is 5.56 Å². The predicted molar refractivity (Wildman–Crippen MR) is 57.0 cm³/mol. The first-order valence-electron chi connectivity index (χ1n) is 4.83.